The molecule has 0 spiro atoms. The molecule has 4 nitrogen and oxygen atoms in total. The number of nitrogens with zero attached hydrogens (tertiary/aromatic N) is 2. The molecule has 2 heterocycles. The summed E-state index contributed by atoms with van der Waals surface area (Å²) in [5.74, 6) is 0. The Hall–Kier alpha value is -1.36. The van der Waals surface area contributed by atoms with Crippen LogP contribution in [0.5, 0.6) is 0 Å². The summed E-state index contributed by atoms with van der Waals surface area (Å²) in [4.78, 5) is 2.27. The number of H-pyrrole nitrogens is 1. The van der Waals surface area contributed by atoms with Gasteiger partial charge in [0.25, 0.3) is 0 Å². The van der Waals surface area contributed by atoms with Gasteiger partial charge in [-0.3, -0.25) is 10.00 Å². The van der Waals surface area contributed by atoms with Crippen LogP contribution in [-0.2, 0) is 13.0 Å². The number of benzene rings is 1. The van der Waals surface area contributed by atoms with Gasteiger partial charge in [-0.1, -0.05) is 23.7 Å². The molecule has 1 unspecified atom stereocenters. The van der Waals surface area contributed by atoms with Crippen molar-refractivity contribution in [2.75, 3.05) is 13.1 Å². The minimum atomic E-state index is -0.303. The van der Waals surface area contributed by atoms with Gasteiger partial charge < -0.3 is 5.11 Å². The number of hydrogen-bond donors (Lipinski definition) is 2. The van der Waals surface area contributed by atoms with Gasteiger partial charge in [0, 0.05) is 47.9 Å². The number of aliphatic hydroxyl groups excluding tert-OH is 1. The summed E-state index contributed by atoms with van der Waals surface area (Å²) < 4.78 is 0. The van der Waals surface area contributed by atoms with Crippen molar-refractivity contribution in [3.63, 3.8) is 0 Å². The maximum absolute atomic E-state index is 9.54. The number of nitrogens with one attached hydrogen (secondary N) is 1. The standard InChI is InChI=1S/C15H18ClN3O/c1-10(20)8-19-7-6-14-13(9-19)15(18-17-14)11-2-4-12(16)5-3-11/h2-5,10,20H,6-9H2,1H3,(H,17,18). The third-order valence-corrected chi connectivity index (χ3v) is 3.90. The lowest BCUT2D eigenvalue weighted by Crippen LogP contribution is -2.35. The van der Waals surface area contributed by atoms with Crippen LogP contribution in [0.25, 0.3) is 11.3 Å². The highest BCUT2D eigenvalue weighted by molar-refractivity contribution is 6.30. The lowest BCUT2D eigenvalue weighted by Gasteiger charge is -2.27. The van der Waals surface area contributed by atoms with Crippen LogP contribution in [0.4, 0.5) is 0 Å². The van der Waals surface area contributed by atoms with E-state index in [9.17, 15) is 5.11 Å². The van der Waals surface area contributed by atoms with Crippen LogP contribution in [0.2, 0.25) is 5.02 Å². The minimum Gasteiger partial charge on any atom is -0.392 e. The molecule has 2 aromatic rings. The van der Waals surface area contributed by atoms with Crippen molar-refractivity contribution < 1.29 is 5.11 Å². The predicted molar refractivity (Wildman–Crippen MR) is 79.7 cm³/mol. The van der Waals surface area contributed by atoms with Gasteiger partial charge in [-0.25, -0.2) is 0 Å². The molecule has 0 aliphatic carbocycles. The smallest absolute Gasteiger partial charge is 0.0968 e. The maximum Gasteiger partial charge on any atom is 0.0968 e. The van der Waals surface area contributed by atoms with Gasteiger partial charge >= 0.3 is 0 Å². The molecule has 3 rings (SSSR count). The van der Waals surface area contributed by atoms with E-state index in [1.165, 1.54) is 11.3 Å². The third kappa shape index (κ3) is 2.73. The first kappa shape index (κ1) is 13.6. The van der Waals surface area contributed by atoms with E-state index in [0.717, 1.165) is 35.8 Å². The Morgan fingerprint density at radius 2 is 2.15 bits per heavy atom. The zero-order chi connectivity index (χ0) is 14.1. The van der Waals surface area contributed by atoms with E-state index >= 15 is 0 Å². The Morgan fingerprint density at radius 1 is 1.40 bits per heavy atom. The molecule has 5 heteroatoms. The number of β-amino-alcohol motifs (C(OH)–C–C–N with tert-alkyl or cyclic N) is 1. The Kier molecular flexibility index (Phi) is 3.78. The maximum atomic E-state index is 9.54. The number of aliphatic hydroxyl groups is 1. The summed E-state index contributed by atoms with van der Waals surface area (Å²) in [5.41, 5.74) is 4.51. The minimum absolute atomic E-state index is 0.303. The van der Waals surface area contributed by atoms with Crippen LogP contribution in [0.1, 0.15) is 18.2 Å². The fraction of sp³-hybridized carbons (Fsp3) is 0.400. The summed E-state index contributed by atoms with van der Waals surface area (Å²) >= 11 is 5.93. The van der Waals surface area contributed by atoms with Crippen LogP contribution in [0.15, 0.2) is 24.3 Å². The molecule has 1 aliphatic rings. The summed E-state index contributed by atoms with van der Waals surface area (Å²) in [6.07, 6.45) is 0.644. The topological polar surface area (TPSA) is 52.1 Å². The van der Waals surface area contributed by atoms with Crippen LogP contribution in [-0.4, -0.2) is 39.4 Å². The van der Waals surface area contributed by atoms with Crippen LogP contribution < -0.4 is 0 Å². The molecule has 2 N–H and O–H groups in total. The van der Waals surface area contributed by atoms with Crippen LogP contribution in [0.3, 0.4) is 0 Å². The Morgan fingerprint density at radius 3 is 2.85 bits per heavy atom. The van der Waals surface area contributed by atoms with Crippen molar-refractivity contribution in [3.8, 4) is 11.3 Å². The van der Waals surface area contributed by atoms with E-state index < -0.39 is 0 Å². The number of rotatable bonds is 3. The average Bonchev–Trinajstić information content (AvgIpc) is 2.82. The fourth-order valence-corrected chi connectivity index (χ4v) is 2.85. The normalized spacial score (nSPS) is 16.9. The second-order valence-electron chi connectivity index (χ2n) is 5.37. The first-order valence-corrected chi connectivity index (χ1v) is 7.24. The summed E-state index contributed by atoms with van der Waals surface area (Å²) in [7, 11) is 0. The first-order valence-electron chi connectivity index (χ1n) is 6.86. The van der Waals surface area contributed by atoms with Crippen molar-refractivity contribution in [3.05, 3.63) is 40.5 Å². The number of hydrogen-bond acceptors (Lipinski definition) is 3. The zero-order valence-corrected chi connectivity index (χ0v) is 12.2. The second-order valence-corrected chi connectivity index (χ2v) is 5.81. The lowest BCUT2D eigenvalue weighted by atomic mass is 10.0. The molecular formula is C15H18ClN3O. The highest BCUT2D eigenvalue weighted by Gasteiger charge is 2.23. The third-order valence-electron chi connectivity index (χ3n) is 3.65. The molecule has 0 fully saturated rings. The van der Waals surface area contributed by atoms with E-state index in [2.05, 4.69) is 15.1 Å². The van der Waals surface area contributed by atoms with Gasteiger partial charge in [-0.15, -0.1) is 0 Å². The number of aromatic amines is 1. The van der Waals surface area contributed by atoms with E-state index in [4.69, 9.17) is 11.6 Å². The van der Waals surface area contributed by atoms with Crippen molar-refractivity contribution in [2.24, 2.45) is 0 Å². The Balaban J connectivity index is 1.88. The molecule has 1 aromatic carbocycles. The molecule has 1 aromatic heterocycles. The van der Waals surface area contributed by atoms with Crippen LogP contribution in [0, 0.1) is 0 Å². The zero-order valence-electron chi connectivity index (χ0n) is 11.4. The summed E-state index contributed by atoms with van der Waals surface area (Å²) in [5, 5.41) is 17.9. The Bertz CT molecular complexity index is 592. The van der Waals surface area contributed by atoms with Gasteiger partial charge in [0.15, 0.2) is 0 Å². The molecule has 0 bridgehead atoms. The highest BCUT2D eigenvalue weighted by atomic mass is 35.5. The van der Waals surface area contributed by atoms with E-state index in [0.29, 0.717) is 6.54 Å². The molecular weight excluding hydrogens is 274 g/mol. The molecule has 0 amide bonds. The molecule has 106 valence electrons. The second kappa shape index (κ2) is 5.56. The lowest BCUT2D eigenvalue weighted by molar-refractivity contribution is 0.119. The molecule has 1 atom stereocenters. The van der Waals surface area contributed by atoms with Crippen LogP contribution >= 0.6 is 11.6 Å². The van der Waals surface area contributed by atoms with E-state index in [1.807, 2.05) is 31.2 Å². The quantitative estimate of drug-likeness (QED) is 0.913. The Labute approximate surface area is 123 Å². The average molecular weight is 292 g/mol. The van der Waals surface area contributed by atoms with Crippen molar-refractivity contribution in [2.45, 2.75) is 26.0 Å². The largest absolute Gasteiger partial charge is 0.392 e. The van der Waals surface area contributed by atoms with Gasteiger partial charge in [0.1, 0.15) is 0 Å². The van der Waals surface area contributed by atoms with Crippen molar-refractivity contribution in [1.29, 1.82) is 0 Å². The summed E-state index contributed by atoms with van der Waals surface area (Å²) in [6, 6.07) is 7.75. The molecule has 0 radical (unpaired) electrons. The SMILES string of the molecule is CC(O)CN1CCc2[nH]nc(-c3ccc(Cl)cc3)c2C1. The number of fused-ring (bicyclic) bond motifs is 1. The molecule has 1 aliphatic heterocycles. The molecule has 0 saturated carbocycles. The fourth-order valence-electron chi connectivity index (χ4n) is 2.73. The number of aromatic nitrogens is 2. The van der Waals surface area contributed by atoms with Crippen molar-refractivity contribution >= 4 is 11.6 Å². The number of halogens is 1. The highest BCUT2D eigenvalue weighted by Crippen LogP contribution is 2.29. The molecule has 0 saturated heterocycles. The van der Waals surface area contributed by atoms with Gasteiger partial charge in [-0.2, -0.15) is 5.10 Å². The first-order chi connectivity index (χ1) is 9.63. The van der Waals surface area contributed by atoms with E-state index in [1.54, 1.807) is 0 Å². The summed E-state index contributed by atoms with van der Waals surface area (Å²) in [6.45, 7) is 4.31. The predicted octanol–water partition coefficient (Wildman–Crippen LogP) is 2.47. The molecule has 20 heavy (non-hydrogen) atoms. The monoisotopic (exact) mass is 291 g/mol. The van der Waals surface area contributed by atoms with E-state index in [-0.39, 0.29) is 6.10 Å². The van der Waals surface area contributed by atoms with Gasteiger partial charge in [0.05, 0.1) is 11.8 Å². The van der Waals surface area contributed by atoms with Crippen molar-refractivity contribution in [1.82, 2.24) is 15.1 Å². The van der Waals surface area contributed by atoms with Gasteiger partial charge in [-0.05, 0) is 19.1 Å². The van der Waals surface area contributed by atoms with Gasteiger partial charge in [0.2, 0.25) is 0 Å².